The Morgan fingerprint density at radius 1 is 1.20 bits per heavy atom. The molecule has 25 heavy (non-hydrogen) atoms. The van der Waals surface area contributed by atoms with E-state index in [-0.39, 0.29) is 5.56 Å². The highest BCUT2D eigenvalue weighted by molar-refractivity contribution is 5.87. The summed E-state index contributed by atoms with van der Waals surface area (Å²) in [5.74, 6) is 0.132. The molecule has 128 valence electrons. The molecule has 1 aliphatic heterocycles. The van der Waals surface area contributed by atoms with Crippen LogP contribution in [0, 0.1) is 11.3 Å². The van der Waals surface area contributed by atoms with Crippen LogP contribution < -0.4 is 9.80 Å². The first kappa shape index (κ1) is 16.7. The molecule has 0 spiro atoms. The van der Waals surface area contributed by atoms with E-state index in [2.05, 4.69) is 16.0 Å². The number of aromatic nitrogens is 2. The zero-order chi connectivity index (χ0) is 17.8. The normalized spacial score (nSPS) is 17.7. The zero-order valence-electron chi connectivity index (χ0n) is 13.4. The maximum Gasteiger partial charge on any atom is 0.337 e. The topological polar surface area (TPSA) is 114 Å². The van der Waals surface area contributed by atoms with Gasteiger partial charge in [-0.25, -0.2) is 14.8 Å². The molecule has 3 rings (SSSR count). The van der Waals surface area contributed by atoms with E-state index in [0.717, 1.165) is 0 Å². The van der Waals surface area contributed by atoms with Gasteiger partial charge in [0.05, 0.1) is 17.2 Å². The van der Waals surface area contributed by atoms with Gasteiger partial charge in [0.1, 0.15) is 17.7 Å². The van der Waals surface area contributed by atoms with Gasteiger partial charge in [-0.2, -0.15) is 5.26 Å². The molecule has 8 nitrogen and oxygen atoms in total. The SMILES string of the molecule is N#Cc1cccnc1N1CCN(c2ccc(C(=O)O)cn2)CC(O)C1. The number of anilines is 2. The van der Waals surface area contributed by atoms with Gasteiger partial charge in [0, 0.05) is 38.6 Å². The third kappa shape index (κ3) is 3.67. The maximum atomic E-state index is 10.9. The fourth-order valence-corrected chi connectivity index (χ4v) is 2.83. The third-order valence-electron chi connectivity index (χ3n) is 4.03. The summed E-state index contributed by atoms with van der Waals surface area (Å²) in [5.41, 5.74) is 0.583. The number of aliphatic hydroxyl groups is 1. The summed E-state index contributed by atoms with van der Waals surface area (Å²) in [4.78, 5) is 23.1. The molecule has 8 heteroatoms. The highest BCUT2D eigenvalue weighted by Crippen LogP contribution is 2.20. The summed E-state index contributed by atoms with van der Waals surface area (Å²) in [6, 6.07) is 8.65. The fraction of sp³-hybridized carbons (Fsp3) is 0.294. The lowest BCUT2D eigenvalue weighted by molar-refractivity contribution is 0.0696. The molecule has 1 saturated heterocycles. The second-order valence-corrected chi connectivity index (χ2v) is 5.74. The largest absolute Gasteiger partial charge is 0.478 e. The average Bonchev–Trinajstić information content (AvgIpc) is 2.83. The van der Waals surface area contributed by atoms with Crippen LogP contribution >= 0.6 is 0 Å². The lowest BCUT2D eigenvalue weighted by Crippen LogP contribution is -2.34. The molecule has 0 aromatic carbocycles. The molecule has 0 bridgehead atoms. The van der Waals surface area contributed by atoms with E-state index in [9.17, 15) is 15.2 Å². The zero-order valence-corrected chi connectivity index (χ0v) is 13.4. The Labute approximate surface area is 144 Å². The molecule has 2 aromatic rings. The number of β-amino-alcohol motifs (C(OH)–C–C–N with tert-alkyl or cyclic N) is 1. The van der Waals surface area contributed by atoms with Crippen LogP contribution in [0.3, 0.4) is 0 Å². The number of hydrogen-bond donors (Lipinski definition) is 2. The van der Waals surface area contributed by atoms with Crippen molar-refractivity contribution >= 4 is 17.6 Å². The van der Waals surface area contributed by atoms with Crippen molar-refractivity contribution in [3.8, 4) is 6.07 Å². The summed E-state index contributed by atoms with van der Waals surface area (Å²) in [6.45, 7) is 1.85. The van der Waals surface area contributed by atoms with Crippen molar-refractivity contribution in [2.45, 2.75) is 6.10 Å². The van der Waals surface area contributed by atoms with E-state index in [4.69, 9.17) is 5.11 Å². The molecular formula is C17H17N5O3. The molecule has 1 aliphatic rings. The van der Waals surface area contributed by atoms with Crippen LogP contribution in [-0.2, 0) is 0 Å². The molecular weight excluding hydrogens is 322 g/mol. The molecule has 2 aromatic heterocycles. The number of nitriles is 1. The highest BCUT2D eigenvalue weighted by atomic mass is 16.4. The average molecular weight is 339 g/mol. The van der Waals surface area contributed by atoms with Crippen LogP contribution in [0.5, 0.6) is 0 Å². The Morgan fingerprint density at radius 2 is 1.96 bits per heavy atom. The molecule has 2 N–H and O–H groups in total. The number of aromatic carboxylic acids is 1. The van der Waals surface area contributed by atoms with Crippen molar-refractivity contribution in [2.75, 3.05) is 36.0 Å². The summed E-state index contributed by atoms with van der Waals surface area (Å²) < 4.78 is 0. The Balaban J connectivity index is 1.79. The van der Waals surface area contributed by atoms with E-state index >= 15 is 0 Å². The Morgan fingerprint density at radius 3 is 2.64 bits per heavy atom. The number of aliphatic hydroxyl groups excluding tert-OH is 1. The lowest BCUT2D eigenvalue weighted by Gasteiger charge is -2.23. The molecule has 0 amide bonds. The predicted molar refractivity (Wildman–Crippen MR) is 90.6 cm³/mol. The van der Waals surface area contributed by atoms with E-state index in [1.54, 1.807) is 24.4 Å². The van der Waals surface area contributed by atoms with Crippen molar-refractivity contribution in [3.63, 3.8) is 0 Å². The van der Waals surface area contributed by atoms with Gasteiger partial charge in [-0.1, -0.05) is 0 Å². The quantitative estimate of drug-likeness (QED) is 0.841. The van der Waals surface area contributed by atoms with Crippen LogP contribution in [0.2, 0.25) is 0 Å². The van der Waals surface area contributed by atoms with Crippen LogP contribution in [-0.4, -0.2) is 58.4 Å². The summed E-state index contributed by atoms with van der Waals surface area (Å²) in [5, 5.41) is 28.5. The van der Waals surface area contributed by atoms with Gasteiger partial charge in [-0.05, 0) is 24.3 Å². The van der Waals surface area contributed by atoms with E-state index < -0.39 is 12.1 Å². The van der Waals surface area contributed by atoms with Crippen LogP contribution in [0.25, 0.3) is 0 Å². The molecule has 3 heterocycles. The Hall–Kier alpha value is -3.18. The molecule has 1 unspecified atom stereocenters. The van der Waals surface area contributed by atoms with Gasteiger partial charge in [0.2, 0.25) is 0 Å². The van der Waals surface area contributed by atoms with Crippen molar-refractivity contribution < 1.29 is 15.0 Å². The van der Waals surface area contributed by atoms with E-state index in [1.165, 1.54) is 12.3 Å². The minimum absolute atomic E-state index is 0.118. The Kier molecular flexibility index (Phi) is 4.77. The molecule has 1 fully saturated rings. The number of carboxylic acid groups (broad SMARTS) is 1. The molecule has 0 radical (unpaired) electrons. The minimum atomic E-state index is -1.03. The maximum absolute atomic E-state index is 10.9. The number of carboxylic acids is 1. The monoisotopic (exact) mass is 339 g/mol. The standard InChI is InChI=1S/C17H17N5O3/c18-8-12-2-1-5-19-16(12)22-7-6-21(10-14(23)11-22)15-4-3-13(9-20-15)17(24)25/h1-5,9,14,23H,6-7,10-11H2,(H,24,25). The van der Waals surface area contributed by atoms with Crippen molar-refractivity contribution in [3.05, 3.63) is 47.8 Å². The van der Waals surface area contributed by atoms with E-state index in [0.29, 0.717) is 43.4 Å². The highest BCUT2D eigenvalue weighted by Gasteiger charge is 2.24. The number of pyridine rings is 2. The minimum Gasteiger partial charge on any atom is -0.478 e. The van der Waals surface area contributed by atoms with Gasteiger partial charge in [0.25, 0.3) is 0 Å². The van der Waals surface area contributed by atoms with E-state index in [1.807, 2.05) is 9.80 Å². The molecule has 1 atom stereocenters. The smallest absolute Gasteiger partial charge is 0.337 e. The lowest BCUT2D eigenvalue weighted by atomic mass is 10.2. The van der Waals surface area contributed by atoms with Crippen molar-refractivity contribution in [1.82, 2.24) is 9.97 Å². The number of hydrogen-bond acceptors (Lipinski definition) is 7. The summed E-state index contributed by atoms with van der Waals surface area (Å²) in [7, 11) is 0. The molecule has 0 saturated carbocycles. The third-order valence-corrected chi connectivity index (χ3v) is 4.03. The predicted octanol–water partition coefficient (Wildman–Crippen LogP) is 0.734. The second kappa shape index (κ2) is 7.15. The molecule has 0 aliphatic carbocycles. The van der Waals surface area contributed by atoms with Crippen LogP contribution in [0.15, 0.2) is 36.7 Å². The van der Waals surface area contributed by atoms with Crippen molar-refractivity contribution in [2.24, 2.45) is 0 Å². The summed E-state index contributed by atoms with van der Waals surface area (Å²) in [6.07, 6.45) is 2.27. The number of nitrogens with zero attached hydrogens (tertiary/aromatic N) is 5. The number of rotatable bonds is 3. The number of carbonyl (C=O) groups is 1. The second-order valence-electron chi connectivity index (χ2n) is 5.74. The van der Waals surface area contributed by atoms with Gasteiger partial charge in [-0.3, -0.25) is 0 Å². The first-order chi connectivity index (χ1) is 12.1. The Bertz CT molecular complexity index is 803. The summed E-state index contributed by atoms with van der Waals surface area (Å²) >= 11 is 0. The van der Waals surface area contributed by atoms with Crippen molar-refractivity contribution in [1.29, 1.82) is 5.26 Å². The van der Waals surface area contributed by atoms with Gasteiger partial charge in [0.15, 0.2) is 0 Å². The first-order valence-corrected chi connectivity index (χ1v) is 7.81. The van der Waals surface area contributed by atoms with Gasteiger partial charge >= 0.3 is 5.97 Å². The van der Waals surface area contributed by atoms with Crippen LogP contribution in [0.4, 0.5) is 11.6 Å². The van der Waals surface area contributed by atoms with Gasteiger partial charge in [-0.15, -0.1) is 0 Å². The fourth-order valence-electron chi connectivity index (χ4n) is 2.83. The van der Waals surface area contributed by atoms with Gasteiger partial charge < -0.3 is 20.0 Å². The van der Waals surface area contributed by atoms with Crippen LogP contribution in [0.1, 0.15) is 15.9 Å². The first-order valence-electron chi connectivity index (χ1n) is 7.81.